The molecule has 140 valence electrons. The van der Waals surface area contributed by atoms with E-state index < -0.39 is 10.0 Å². The van der Waals surface area contributed by atoms with Gasteiger partial charge in [0.15, 0.2) is 0 Å². The SMILES string of the molecule is O=S(=O)(N[C@@H]1CCCC[C@H]1n1cc(-c2ccccc2)nn1)c1ccccc1. The first-order valence-electron chi connectivity index (χ1n) is 9.18. The van der Waals surface area contributed by atoms with E-state index in [4.69, 9.17) is 0 Å². The van der Waals surface area contributed by atoms with Crippen molar-refractivity contribution >= 4 is 10.0 Å². The predicted octanol–water partition coefficient (Wildman–Crippen LogP) is 3.41. The molecule has 2 aromatic carbocycles. The van der Waals surface area contributed by atoms with Gasteiger partial charge in [0.2, 0.25) is 10.0 Å². The normalized spacial score (nSPS) is 20.4. The van der Waals surface area contributed by atoms with Crippen molar-refractivity contribution in [2.45, 2.75) is 42.7 Å². The van der Waals surface area contributed by atoms with Crippen LogP contribution in [-0.2, 0) is 10.0 Å². The summed E-state index contributed by atoms with van der Waals surface area (Å²) < 4.78 is 30.2. The summed E-state index contributed by atoms with van der Waals surface area (Å²) in [5.74, 6) is 0. The maximum atomic E-state index is 12.7. The van der Waals surface area contributed by atoms with Crippen LogP contribution in [0.15, 0.2) is 71.8 Å². The van der Waals surface area contributed by atoms with Gasteiger partial charge < -0.3 is 0 Å². The van der Waals surface area contributed by atoms with Crippen molar-refractivity contribution in [2.24, 2.45) is 0 Å². The van der Waals surface area contributed by atoms with E-state index in [-0.39, 0.29) is 17.0 Å². The van der Waals surface area contributed by atoms with E-state index in [2.05, 4.69) is 15.0 Å². The summed E-state index contributed by atoms with van der Waals surface area (Å²) in [6.07, 6.45) is 5.62. The fraction of sp³-hybridized carbons (Fsp3) is 0.300. The maximum absolute atomic E-state index is 12.7. The summed E-state index contributed by atoms with van der Waals surface area (Å²) in [6.45, 7) is 0. The van der Waals surface area contributed by atoms with Gasteiger partial charge in [0, 0.05) is 11.6 Å². The van der Waals surface area contributed by atoms with Crippen molar-refractivity contribution in [1.29, 1.82) is 0 Å². The van der Waals surface area contributed by atoms with Gasteiger partial charge >= 0.3 is 0 Å². The van der Waals surface area contributed by atoms with Crippen LogP contribution < -0.4 is 4.72 Å². The summed E-state index contributed by atoms with van der Waals surface area (Å²) in [4.78, 5) is 0.290. The summed E-state index contributed by atoms with van der Waals surface area (Å²) >= 11 is 0. The Balaban J connectivity index is 1.57. The molecular weight excluding hydrogens is 360 g/mol. The highest BCUT2D eigenvalue weighted by Gasteiger charge is 2.31. The zero-order valence-electron chi connectivity index (χ0n) is 14.9. The van der Waals surface area contributed by atoms with Crippen LogP contribution in [0.25, 0.3) is 11.3 Å². The third kappa shape index (κ3) is 3.94. The molecule has 1 aliphatic carbocycles. The smallest absolute Gasteiger partial charge is 0.240 e. The van der Waals surface area contributed by atoms with Crippen molar-refractivity contribution in [1.82, 2.24) is 19.7 Å². The Labute approximate surface area is 159 Å². The first-order chi connectivity index (χ1) is 13.1. The minimum absolute atomic E-state index is 0.0396. The van der Waals surface area contributed by atoms with Crippen LogP contribution >= 0.6 is 0 Å². The second kappa shape index (κ2) is 7.62. The molecule has 0 radical (unpaired) electrons. The zero-order chi connectivity index (χ0) is 18.7. The van der Waals surface area contributed by atoms with E-state index in [9.17, 15) is 8.42 Å². The molecular formula is C20H22N4O2S. The zero-order valence-corrected chi connectivity index (χ0v) is 15.7. The highest BCUT2D eigenvalue weighted by molar-refractivity contribution is 7.89. The number of benzene rings is 2. The molecule has 0 amide bonds. The quantitative estimate of drug-likeness (QED) is 0.734. The summed E-state index contributed by atoms with van der Waals surface area (Å²) in [5.41, 5.74) is 1.80. The molecule has 27 heavy (non-hydrogen) atoms. The van der Waals surface area contributed by atoms with Crippen molar-refractivity contribution < 1.29 is 8.42 Å². The number of nitrogens with zero attached hydrogens (tertiary/aromatic N) is 3. The van der Waals surface area contributed by atoms with E-state index in [1.165, 1.54) is 0 Å². The standard InChI is InChI=1S/C20H22N4O2S/c25-27(26,17-11-5-2-6-12-17)22-18-13-7-8-14-20(18)24-15-19(21-23-24)16-9-3-1-4-10-16/h1-6,9-12,15,18,20,22H,7-8,13-14H2/t18-,20-/m1/s1. The van der Waals surface area contributed by atoms with Crippen LogP contribution in [0.4, 0.5) is 0 Å². The van der Waals surface area contributed by atoms with Gasteiger partial charge in [0.25, 0.3) is 0 Å². The highest BCUT2D eigenvalue weighted by atomic mass is 32.2. The van der Waals surface area contributed by atoms with Gasteiger partial charge in [0.05, 0.1) is 17.1 Å². The predicted molar refractivity (Wildman–Crippen MR) is 104 cm³/mol. The molecule has 4 rings (SSSR count). The monoisotopic (exact) mass is 382 g/mol. The van der Waals surface area contributed by atoms with E-state index in [0.717, 1.165) is 36.9 Å². The maximum Gasteiger partial charge on any atom is 0.240 e. The van der Waals surface area contributed by atoms with Gasteiger partial charge in [-0.1, -0.05) is 66.6 Å². The number of aromatic nitrogens is 3. The molecule has 0 unspecified atom stereocenters. The second-order valence-corrected chi connectivity index (χ2v) is 8.56. The summed E-state index contributed by atoms with van der Waals surface area (Å²) in [6, 6.07) is 18.1. The average Bonchev–Trinajstić information content (AvgIpc) is 3.20. The van der Waals surface area contributed by atoms with Crippen molar-refractivity contribution in [3.05, 3.63) is 66.9 Å². The van der Waals surface area contributed by atoms with Crippen LogP contribution in [-0.4, -0.2) is 29.5 Å². The van der Waals surface area contributed by atoms with E-state index in [1.807, 2.05) is 47.3 Å². The van der Waals surface area contributed by atoms with Gasteiger partial charge in [-0.05, 0) is 25.0 Å². The highest BCUT2D eigenvalue weighted by Crippen LogP contribution is 2.30. The molecule has 0 saturated heterocycles. The van der Waals surface area contributed by atoms with Crippen LogP contribution in [0.1, 0.15) is 31.7 Å². The lowest BCUT2D eigenvalue weighted by molar-refractivity contribution is 0.267. The number of hydrogen-bond acceptors (Lipinski definition) is 4. The lowest BCUT2D eigenvalue weighted by atomic mass is 9.91. The fourth-order valence-electron chi connectivity index (χ4n) is 3.61. The number of nitrogens with one attached hydrogen (secondary N) is 1. The fourth-order valence-corrected chi connectivity index (χ4v) is 4.94. The molecule has 1 heterocycles. The van der Waals surface area contributed by atoms with Crippen molar-refractivity contribution in [3.8, 4) is 11.3 Å². The molecule has 7 heteroatoms. The Morgan fingerprint density at radius 1 is 0.926 bits per heavy atom. The molecule has 1 fully saturated rings. The third-order valence-corrected chi connectivity index (χ3v) is 6.51. The van der Waals surface area contributed by atoms with Crippen LogP contribution in [0.5, 0.6) is 0 Å². The van der Waals surface area contributed by atoms with E-state index in [1.54, 1.807) is 24.3 Å². The van der Waals surface area contributed by atoms with Crippen LogP contribution in [0, 0.1) is 0 Å². The average molecular weight is 382 g/mol. The first kappa shape index (κ1) is 17.9. The van der Waals surface area contributed by atoms with Gasteiger partial charge in [-0.2, -0.15) is 0 Å². The Hall–Kier alpha value is -2.51. The molecule has 0 aliphatic heterocycles. The lowest BCUT2D eigenvalue weighted by Gasteiger charge is -2.31. The van der Waals surface area contributed by atoms with Gasteiger partial charge in [-0.25, -0.2) is 17.8 Å². The largest absolute Gasteiger partial charge is 0.247 e. The first-order valence-corrected chi connectivity index (χ1v) is 10.7. The Bertz CT molecular complexity index is 987. The molecule has 6 nitrogen and oxygen atoms in total. The lowest BCUT2D eigenvalue weighted by Crippen LogP contribution is -2.43. The molecule has 0 spiro atoms. The molecule has 1 aromatic heterocycles. The second-order valence-electron chi connectivity index (χ2n) is 6.84. The Kier molecular flexibility index (Phi) is 5.05. The van der Waals surface area contributed by atoms with Crippen LogP contribution in [0.2, 0.25) is 0 Å². The topological polar surface area (TPSA) is 76.9 Å². The Morgan fingerprint density at radius 2 is 1.59 bits per heavy atom. The molecule has 1 aliphatic rings. The minimum Gasteiger partial charge on any atom is -0.247 e. The molecule has 1 saturated carbocycles. The van der Waals surface area contributed by atoms with Crippen molar-refractivity contribution in [3.63, 3.8) is 0 Å². The minimum atomic E-state index is -3.56. The molecule has 1 N–H and O–H groups in total. The van der Waals surface area contributed by atoms with Crippen LogP contribution in [0.3, 0.4) is 0 Å². The van der Waals surface area contributed by atoms with Gasteiger partial charge in [-0.3, -0.25) is 0 Å². The van der Waals surface area contributed by atoms with Gasteiger partial charge in [-0.15, -0.1) is 5.10 Å². The summed E-state index contributed by atoms with van der Waals surface area (Å²) in [7, 11) is -3.56. The number of sulfonamides is 1. The number of rotatable bonds is 5. The van der Waals surface area contributed by atoms with Gasteiger partial charge in [0.1, 0.15) is 5.69 Å². The van der Waals surface area contributed by atoms with E-state index in [0.29, 0.717) is 0 Å². The Morgan fingerprint density at radius 3 is 2.33 bits per heavy atom. The summed E-state index contributed by atoms with van der Waals surface area (Å²) in [5, 5.41) is 8.59. The van der Waals surface area contributed by atoms with Crippen molar-refractivity contribution in [2.75, 3.05) is 0 Å². The number of hydrogen-bond donors (Lipinski definition) is 1. The molecule has 2 atom stereocenters. The molecule has 0 bridgehead atoms. The third-order valence-electron chi connectivity index (χ3n) is 5.01. The molecule has 3 aromatic rings. The van der Waals surface area contributed by atoms with E-state index >= 15 is 0 Å².